The van der Waals surface area contributed by atoms with Crippen molar-refractivity contribution in [1.29, 1.82) is 0 Å². The summed E-state index contributed by atoms with van der Waals surface area (Å²) in [5.41, 5.74) is 3.55. The number of aromatic nitrogens is 2. The molecule has 0 bridgehead atoms. The number of carboxylic acids is 1. The van der Waals surface area contributed by atoms with Gasteiger partial charge in [0.25, 0.3) is 0 Å². The lowest BCUT2D eigenvalue weighted by molar-refractivity contribution is 0.0691. The van der Waals surface area contributed by atoms with Crippen molar-refractivity contribution >= 4 is 32.5 Å². The van der Waals surface area contributed by atoms with Crippen LogP contribution in [0.2, 0.25) is 0 Å². The van der Waals surface area contributed by atoms with Crippen LogP contribution in [0.15, 0.2) is 18.3 Å². The van der Waals surface area contributed by atoms with Gasteiger partial charge in [-0.3, -0.25) is 4.40 Å². The Morgan fingerprint density at radius 3 is 2.76 bits per heavy atom. The van der Waals surface area contributed by atoms with Gasteiger partial charge < -0.3 is 5.11 Å². The normalized spacial score (nSPS) is 11.4. The van der Waals surface area contributed by atoms with Crippen molar-refractivity contribution in [2.24, 2.45) is 0 Å². The second-order valence-corrected chi connectivity index (χ2v) is 5.10. The van der Waals surface area contributed by atoms with E-state index in [0.717, 1.165) is 15.2 Å². The molecule has 5 heteroatoms. The number of rotatable bonds is 1. The highest BCUT2D eigenvalue weighted by Gasteiger charge is 2.13. The molecular weight excluding hydrogens is 236 g/mol. The summed E-state index contributed by atoms with van der Waals surface area (Å²) in [6.07, 6.45) is 1.57. The third-order valence-corrected chi connectivity index (χ3v) is 3.95. The largest absolute Gasteiger partial charge is 0.476 e. The number of benzene rings is 1. The first-order valence-corrected chi connectivity index (χ1v) is 6.00. The molecule has 0 spiro atoms. The van der Waals surface area contributed by atoms with E-state index < -0.39 is 5.97 Å². The van der Waals surface area contributed by atoms with Gasteiger partial charge in [-0.2, -0.15) is 0 Å². The Bertz CT molecular complexity index is 755. The molecule has 0 saturated heterocycles. The number of thiazole rings is 1. The molecule has 0 aliphatic rings. The summed E-state index contributed by atoms with van der Waals surface area (Å²) in [5, 5.41) is 8.90. The molecule has 0 amide bonds. The molecular formula is C12H10N2O2S. The molecule has 2 heterocycles. The number of hydrogen-bond acceptors (Lipinski definition) is 3. The van der Waals surface area contributed by atoms with Crippen molar-refractivity contribution in [2.45, 2.75) is 13.8 Å². The molecule has 2 aromatic heterocycles. The Morgan fingerprint density at radius 1 is 1.35 bits per heavy atom. The topological polar surface area (TPSA) is 54.6 Å². The minimum atomic E-state index is -0.988. The van der Waals surface area contributed by atoms with Gasteiger partial charge in [-0.05, 0) is 37.1 Å². The fourth-order valence-electron chi connectivity index (χ4n) is 1.85. The average molecular weight is 246 g/mol. The average Bonchev–Trinajstić information content (AvgIpc) is 2.78. The lowest BCUT2D eigenvalue weighted by Crippen LogP contribution is -1.95. The zero-order valence-corrected chi connectivity index (χ0v) is 10.2. The molecule has 0 atom stereocenters. The fourth-order valence-corrected chi connectivity index (χ4v) is 2.94. The van der Waals surface area contributed by atoms with E-state index >= 15 is 0 Å². The maximum absolute atomic E-state index is 10.9. The van der Waals surface area contributed by atoms with Crippen molar-refractivity contribution in [3.8, 4) is 0 Å². The van der Waals surface area contributed by atoms with Crippen molar-refractivity contribution in [2.75, 3.05) is 0 Å². The molecule has 1 N–H and O–H groups in total. The van der Waals surface area contributed by atoms with E-state index in [0.29, 0.717) is 0 Å². The van der Waals surface area contributed by atoms with Gasteiger partial charge in [0.2, 0.25) is 0 Å². The van der Waals surface area contributed by atoms with Crippen molar-refractivity contribution < 1.29 is 9.90 Å². The van der Waals surface area contributed by atoms with E-state index in [9.17, 15) is 4.79 Å². The molecule has 86 valence electrons. The maximum Gasteiger partial charge on any atom is 0.356 e. The number of carboxylic acid groups (broad SMARTS) is 1. The Labute approximate surface area is 101 Å². The molecule has 17 heavy (non-hydrogen) atoms. The van der Waals surface area contributed by atoms with Gasteiger partial charge in [0, 0.05) is 6.20 Å². The third kappa shape index (κ3) is 1.43. The number of hydrogen-bond donors (Lipinski definition) is 1. The first kappa shape index (κ1) is 10.3. The Balaban J connectivity index is 2.40. The van der Waals surface area contributed by atoms with Crippen LogP contribution in [0.1, 0.15) is 21.6 Å². The predicted octanol–water partition coefficient (Wildman–Crippen LogP) is 2.86. The van der Waals surface area contributed by atoms with E-state index in [2.05, 4.69) is 24.0 Å². The highest BCUT2D eigenvalue weighted by atomic mass is 32.1. The smallest absolute Gasteiger partial charge is 0.356 e. The van der Waals surface area contributed by atoms with Gasteiger partial charge in [0.15, 0.2) is 10.7 Å². The highest BCUT2D eigenvalue weighted by molar-refractivity contribution is 7.23. The van der Waals surface area contributed by atoms with Crippen molar-refractivity contribution in [3.05, 3.63) is 35.2 Å². The SMILES string of the molecule is Cc1cc2sc3nc(C(=O)O)cn3c2cc1C. The van der Waals surface area contributed by atoms with E-state index in [1.807, 2.05) is 11.3 Å². The third-order valence-electron chi connectivity index (χ3n) is 2.93. The summed E-state index contributed by atoms with van der Waals surface area (Å²) >= 11 is 1.51. The van der Waals surface area contributed by atoms with Gasteiger partial charge in [0.1, 0.15) is 0 Å². The summed E-state index contributed by atoms with van der Waals surface area (Å²) in [6.45, 7) is 4.12. The molecule has 4 nitrogen and oxygen atoms in total. The molecule has 0 aliphatic carbocycles. The van der Waals surface area contributed by atoms with Gasteiger partial charge in [-0.1, -0.05) is 11.3 Å². The Kier molecular flexibility index (Phi) is 2.00. The van der Waals surface area contributed by atoms with Crippen LogP contribution in [-0.2, 0) is 0 Å². The molecule has 3 aromatic rings. The van der Waals surface area contributed by atoms with Crippen LogP contribution in [-0.4, -0.2) is 20.5 Å². The zero-order valence-electron chi connectivity index (χ0n) is 9.39. The van der Waals surface area contributed by atoms with Gasteiger partial charge in [-0.15, -0.1) is 0 Å². The van der Waals surface area contributed by atoms with Crippen LogP contribution in [0, 0.1) is 13.8 Å². The van der Waals surface area contributed by atoms with Crippen LogP contribution in [0.3, 0.4) is 0 Å². The number of carbonyl (C=O) groups is 1. The molecule has 0 radical (unpaired) electrons. The highest BCUT2D eigenvalue weighted by Crippen LogP contribution is 2.28. The lowest BCUT2D eigenvalue weighted by atomic mass is 10.1. The number of fused-ring (bicyclic) bond motifs is 3. The lowest BCUT2D eigenvalue weighted by Gasteiger charge is -1.99. The monoisotopic (exact) mass is 246 g/mol. The summed E-state index contributed by atoms with van der Waals surface area (Å²) < 4.78 is 2.98. The molecule has 0 fully saturated rings. The van der Waals surface area contributed by atoms with Gasteiger partial charge in [0.05, 0.1) is 10.2 Å². The second kappa shape index (κ2) is 3.30. The zero-order chi connectivity index (χ0) is 12.2. The van der Waals surface area contributed by atoms with Crippen molar-refractivity contribution in [3.63, 3.8) is 0 Å². The van der Waals surface area contributed by atoms with E-state index in [1.54, 1.807) is 6.20 Å². The predicted molar refractivity (Wildman–Crippen MR) is 67.0 cm³/mol. The minimum absolute atomic E-state index is 0.0939. The maximum atomic E-state index is 10.9. The molecule has 3 rings (SSSR count). The van der Waals surface area contributed by atoms with Crippen LogP contribution >= 0.6 is 11.3 Å². The first-order chi connectivity index (χ1) is 8.06. The number of imidazole rings is 1. The second-order valence-electron chi connectivity index (χ2n) is 4.09. The molecule has 1 aromatic carbocycles. The minimum Gasteiger partial charge on any atom is -0.476 e. The number of aryl methyl sites for hydroxylation is 2. The van der Waals surface area contributed by atoms with Crippen LogP contribution in [0.25, 0.3) is 15.2 Å². The molecule has 0 unspecified atom stereocenters. The van der Waals surface area contributed by atoms with Gasteiger partial charge in [-0.25, -0.2) is 9.78 Å². The summed E-state index contributed by atoms with van der Waals surface area (Å²) in [6, 6.07) is 4.19. The van der Waals surface area contributed by atoms with E-state index in [1.165, 1.54) is 22.5 Å². The summed E-state index contributed by atoms with van der Waals surface area (Å²) in [5.74, 6) is -0.988. The summed E-state index contributed by atoms with van der Waals surface area (Å²) in [4.78, 5) is 15.7. The molecule has 0 aliphatic heterocycles. The van der Waals surface area contributed by atoms with Crippen LogP contribution < -0.4 is 0 Å². The standard InChI is InChI=1S/C12H10N2O2S/c1-6-3-9-10(4-7(6)2)17-12-13-8(11(15)16)5-14(9)12/h3-5H,1-2H3,(H,15,16). The van der Waals surface area contributed by atoms with Crippen molar-refractivity contribution in [1.82, 2.24) is 9.38 Å². The number of nitrogens with zero attached hydrogens (tertiary/aromatic N) is 2. The quantitative estimate of drug-likeness (QED) is 0.718. The fraction of sp³-hybridized carbons (Fsp3) is 0.167. The molecule has 0 saturated carbocycles. The van der Waals surface area contributed by atoms with Gasteiger partial charge >= 0.3 is 5.97 Å². The Morgan fingerprint density at radius 2 is 2.06 bits per heavy atom. The van der Waals surface area contributed by atoms with E-state index in [-0.39, 0.29) is 5.69 Å². The summed E-state index contributed by atoms with van der Waals surface area (Å²) in [7, 11) is 0. The first-order valence-electron chi connectivity index (χ1n) is 5.18. The Hall–Kier alpha value is -1.88. The number of aromatic carboxylic acids is 1. The van der Waals surface area contributed by atoms with Crippen LogP contribution in [0.4, 0.5) is 0 Å². The van der Waals surface area contributed by atoms with Crippen LogP contribution in [0.5, 0.6) is 0 Å². The van der Waals surface area contributed by atoms with E-state index in [4.69, 9.17) is 5.11 Å².